The molecule has 0 saturated heterocycles. The second kappa shape index (κ2) is 3.31. The molecule has 1 aromatic rings. The highest BCUT2D eigenvalue weighted by molar-refractivity contribution is 4.90. The van der Waals surface area contributed by atoms with Gasteiger partial charge in [-0.15, -0.1) is 0 Å². The summed E-state index contributed by atoms with van der Waals surface area (Å²) in [7, 11) is 0. The Balaban J connectivity index is 2.70. The quantitative estimate of drug-likeness (QED) is 0.661. The van der Waals surface area contributed by atoms with Crippen molar-refractivity contribution in [3.8, 4) is 0 Å². The lowest BCUT2D eigenvalue weighted by atomic mass is 10.5. The number of nitrogens with two attached hydrogens (primary N) is 1. The maximum Gasteiger partial charge on any atom is 0.122 e. The molecule has 0 amide bonds. The third kappa shape index (κ3) is 1.33. The fourth-order valence-electron chi connectivity index (χ4n) is 0.825. The van der Waals surface area contributed by atoms with E-state index in [9.17, 15) is 4.39 Å². The summed E-state index contributed by atoms with van der Waals surface area (Å²) in [5, 5.41) is 0. The number of aryl methyl sites for hydroxylation is 1. The van der Waals surface area contributed by atoms with Crippen molar-refractivity contribution in [3.05, 3.63) is 18.2 Å². The third-order valence-electron chi connectivity index (χ3n) is 1.31. The van der Waals surface area contributed by atoms with Gasteiger partial charge >= 0.3 is 0 Å². The molecule has 0 atom stereocenters. The minimum Gasteiger partial charge on any atom is -0.331 e. The van der Waals surface area contributed by atoms with E-state index in [1.54, 1.807) is 17.0 Å². The number of aromatic nitrogens is 2. The van der Waals surface area contributed by atoms with E-state index in [0.29, 0.717) is 13.1 Å². The standard InChI is InChI=1S/C6H10FN3/c7-1-3-10-4-2-9-6(10)5-8/h2,4H,1,3,5,8H2. The van der Waals surface area contributed by atoms with Crippen LogP contribution in [0.1, 0.15) is 5.82 Å². The summed E-state index contributed by atoms with van der Waals surface area (Å²) in [5.74, 6) is 0.734. The Morgan fingerprint density at radius 3 is 3.10 bits per heavy atom. The smallest absolute Gasteiger partial charge is 0.122 e. The molecule has 1 aromatic heterocycles. The van der Waals surface area contributed by atoms with Gasteiger partial charge in [0.05, 0.1) is 13.1 Å². The number of imidazole rings is 1. The lowest BCUT2D eigenvalue weighted by Gasteiger charge is -2.00. The first-order valence-electron chi connectivity index (χ1n) is 3.14. The molecule has 0 saturated carbocycles. The van der Waals surface area contributed by atoms with Crippen LogP contribution in [0.5, 0.6) is 0 Å². The second-order valence-electron chi connectivity index (χ2n) is 1.93. The van der Waals surface area contributed by atoms with E-state index in [0.717, 1.165) is 5.82 Å². The zero-order valence-corrected chi connectivity index (χ0v) is 5.63. The minimum atomic E-state index is -0.372. The zero-order chi connectivity index (χ0) is 7.40. The second-order valence-corrected chi connectivity index (χ2v) is 1.93. The molecule has 0 aliphatic rings. The molecule has 10 heavy (non-hydrogen) atoms. The number of rotatable bonds is 3. The van der Waals surface area contributed by atoms with Crippen LogP contribution in [0.3, 0.4) is 0 Å². The molecule has 4 heteroatoms. The molecule has 3 nitrogen and oxygen atoms in total. The highest BCUT2D eigenvalue weighted by atomic mass is 19.1. The van der Waals surface area contributed by atoms with Crippen LogP contribution in [-0.2, 0) is 13.1 Å². The predicted molar refractivity (Wildman–Crippen MR) is 36.1 cm³/mol. The third-order valence-corrected chi connectivity index (χ3v) is 1.31. The molecular weight excluding hydrogens is 133 g/mol. The van der Waals surface area contributed by atoms with E-state index in [2.05, 4.69) is 4.98 Å². The van der Waals surface area contributed by atoms with Crippen molar-refractivity contribution in [3.63, 3.8) is 0 Å². The van der Waals surface area contributed by atoms with Crippen molar-refractivity contribution in [1.29, 1.82) is 0 Å². The maximum absolute atomic E-state index is 11.8. The molecule has 0 fully saturated rings. The Morgan fingerprint density at radius 2 is 2.50 bits per heavy atom. The van der Waals surface area contributed by atoms with Gasteiger partial charge in [0.2, 0.25) is 0 Å². The number of nitrogens with zero attached hydrogens (tertiary/aromatic N) is 2. The van der Waals surface area contributed by atoms with Gasteiger partial charge in [-0.05, 0) is 0 Å². The SMILES string of the molecule is NCc1nccn1CCF. The Kier molecular flexibility index (Phi) is 2.39. The van der Waals surface area contributed by atoms with Crippen molar-refractivity contribution >= 4 is 0 Å². The topological polar surface area (TPSA) is 43.8 Å². The van der Waals surface area contributed by atoms with Gasteiger partial charge < -0.3 is 10.3 Å². The van der Waals surface area contributed by atoms with Gasteiger partial charge in [0.15, 0.2) is 0 Å². The highest BCUT2D eigenvalue weighted by Gasteiger charge is 1.97. The van der Waals surface area contributed by atoms with Crippen LogP contribution in [0.2, 0.25) is 0 Å². The largest absolute Gasteiger partial charge is 0.331 e. The lowest BCUT2D eigenvalue weighted by molar-refractivity contribution is 0.439. The summed E-state index contributed by atoms with van der Waals surface area (Å²) in [4.78, 5) is 3.92. The van der Waals surface area contributed by atoms with Gasteiger partial charge in [0.25, 0.3) is 0 Å². The average Bonchev–Trinajstić information content (AvgIpc) is 2.36. The number of hydrogen-bond acceptors (Lipinski definition) is 2. The van der Waals surface area contributed by atoms with Crippen molar-refractivity contribution in [2.75, 3.05) is 6.67 Å². The predicted octanol–water partition coefficient (Wildman–Crippen LogP) is 0.311. The lowest BCUT2D eigenvalue weighted by Crippen LogP contribution is -2.08. The average molecular weight is 143 g/mol. The van der Waals surface area contributed by atoms with Crippen LogP contribution < -0.4 is 5.73 Å². The van der Waals surface area contributed by atoms with Crippen LogP contribution in [0, 0.1) is 0 Å². The van der Waals surface area contributed by atoms with Crippen molar-refractivity contribution in [1.82, 2.24) is 9.55 Å². The van der Waals surface area contributed by atoms with Crippen LogP contribution in [0.25, 0.3) is 0 Å². The van der Waals surface area contributed by atoms with E-state index >= 15 is 0 Å². The normalized spacial score (nSPS) is 10.2. The Morgan fingerprint density at radius 1 is 1.70 bits per heavy atom. The summed E-state index contributed by atoms with van der Waals surface area (Å²) in [6.07, 6.45) is 3.35. The summed E-state index contributed by atoms with van der Waals surface area (Å²) in [6.45, 7) is 0.350. The van der Waals surface area contributed by atoms with E-state index in [4.69, 9.17) is 5.73 Å². The van der Waals surface area contributed by atoms with Gasteiger partial charge in [-0.1, -0.05) is 0 Å². The molecule has 0 aromatic carbocycles. The summed E-state index contributed by atoms with van der Waals surface area (Å²) >= 11 is 0. The molecule has 56 valence electrons. The molecule has 0 radical (unpaired) electrons. The van der Waals surface area contributed by atoms with Gasteiger partial charge in [0.1, 0.15) is 12.5 Å². The Bertz CT molecular complexity index is 197. The molecule has 0 aliphatic heterocycles. The fourth-order valence-corrected chi connectivity index (χ4v) is 0.825. The number of alkyl halides is 1. The summed E-state index contributed by atoms with van der Waals surface area (Å²) < 4.78 is 13.5. The molecule has 0 aliphatic carbocycles. The van der Waals surface area contributed by atoms with Gasteiger partial charge in [-0.3, -0.25) is 0 Å². The van der Waals surface area contributed by atoms with Crippen LogP contribution in [0.15, 0.2) is 12.4 Å². The molecule has 2 N–H and O–H groups in total. The molecule has 0 spiro atoms. The first-order chi connectivity index (χ1) is 4.88. The van der Waals surface area contributed by atoms with Crippen LogP contribution in [0.4, 0.5) is 4.39 Å². The van der Waals surface area contributed by atoms with E-state index in [-0.39, 0.29) is 6.67 Å². The van der Waals surface area contributed by atoms with E-state index in [1.165, 1.54) is 0 Å². The first kappa shape index (κ1) is 7.21. The van der Waals surface area contributed by atoms with Gasteiger partial charge in [-0.2, -0.15) is 0 Å². The highest BCUT2D eigenvalue weighted by Crippen LogP contribution is 1.95. The Labute approximate surface area is 58.7 Å². The summed E-state index contributed by atoms with van der Waals surface area (Å²) in [6, 6.07) is 0. The number of halogens is 1. The molecule has 1 rings (SSSR count). The van der Waals surface area contributed by atoms with Crippen LogP contribution in [-0.4, -0.2) is 16.2 Å². The molecule has 1 heterocycles. The van der Waals surface area contributed by atoms with Crippen LogP contribution >= 0.6 is 0 Å². The van der Waals surface area contributed by atoms with E-state index < -0.39 is 0 Å². The molecular formula is C6H10FN3. The Hall–Kier alpha value is -0.900. The van der Waals surface area contributed by atoms with Crippen molar-refractivity contribution in [2.45, 2.75) is 13.1 Å². The maximum atomic E-state index is 11.8. The monoisotopic (exact) mass is 143 g/mol. The minimum absolute atomic E-state index is 0.354. The fraction of sp³-hybridized carbons (Fsp3) is 0.500. The van der Waals surface area contributed by atoms with E-state index in [1.807, 2.05) is 0 Å². The van der Waals surface area contributed by atoms with Gasteiger partial charge in [-0.25, -0.2) is 9.37 Å². The van der Waals surface area contributed by atoms with Gasteiger partial charge in [0, 0.05) is 12.4 Å². The zero-order valence-electron chi connectivity index (χ0n) is 5.63. The van der Waals surface area contributed by atoms with Crippen molar-refractivity contribution < 1.29 is 4.39 Å². The van der Waals surface area contributed by atoms with Crippen molar-refractivity contribution in [2.24, 2.45) is 5.73 Å². The molecule has 0 bridgehead atoms. The number of hydrogen-bond donors (Lipinski definition) is 1. The first-order valence-corrected chi connectivity index (χ1v) is 3.14. The molecule has 0 unspecified atom stereocenters. The summed E-state index contributed by atoms with van der Waals surface area (Å²) in [5.41, 5.74) is 5.32.